The Morgan fingerprint density at radius 2 is 1.93 bits per heavy atom. The first-order valence-corrected chi connectivity index (χ1v) is 10.3. The van der Waals surface area contributed by atoms with Gasteiger partial charge >= 0.3 is 12.0 Å². The highest BCUT2D eigenvalue weighted by Gasteiger charge is 2.35. The van der Waals surface area contributed by atoms with E-state index in [-0.39, 0.29) is 19.4 Å². The third-order valence-electron chi connectivity index (χ3n) is 5.46. The molecule has 2 amide bonds. The van der Waals surface area contributed by atoms with Crippen molar-refractivity contribution in [2.75, 3.05) is 33.0 Å². The van der Waals surface area contributed by atoms with E-state index >= 15 is 0 Å². The van der Waals surface area contributed by atoms with Crippen LogP contribution in [-0.4, -0.2) is 49.9 Å². The Morgan fingerprint density at radius 3 is 2.69 bits per heavy atom. The van der Waals surface area contributed by atoms with E-state index in [1.807, 2.05) is 6.07 Å². The highest BCUT2D eigenvalue weighted by atomic mass is 16.7. The zero-order valence-corrected chi connectivity index (χ0v) is 16.7. The standard InChI is InChI=1S/C21H27N3O5/c1-2-27-20(25)18-15(12-24-9-5-3-4-6-10-24)22-21(26)23-19(18)14-7-8-16-17(11-14)29-13-28-16/h7-8,11,19H,2-6,9-10,12-13H2,1H3,(H2,22,23,26)/t19-/m0/s1. The van der Waals surface area contributed by atoms with E-state index in [0.717, 1.165) is 31.5 Å². The maximum absolute atomic E-state index is 12.9. The SMILES string of the molecule is CCOC(=O)C1=C(CN2CCCCCC2)NC(=O)N[C@H]1c1ccc2c(c1)OCO2. The monoisotopic (exact) mass is 401 g/mol. The van der Waals surface area contributed by atoms with Crippen LogP contribution in [0.2, 0.25) is 0 Å². The number of ether oxygens (including phenoxy) is 3. The van der Waals surface area contributed by atoms with E-state index in [1.54, 1.807) is 19.1 Å². The van der Waals surface area contributed by atoms with E-state index in [9.17, 15) is 9.59 Å². The highest BCUT2D eigenvalue weighted by molar-refractivity contribution is 5.95. The van der Waals surface area contributed by atoms with Gasteiger partial charge in [-0.2, -0.15) is 0 Å². The van der Waals surface area contributed by atoms with Crippen molar-refractivity contribution in [3.63, 3.8) is 0 Å². The Morgan fingerprint density at radius 1 is 1.17 bits per heavy atom. The van der Waals surface area contributed by atoms with Crippen LogP contribution in [-0.2, 0) is 9.53 Å². The summed E-state index contributed by atoms with van der Waals surface area (Å²) in [6, 6.07) is 4.50. The molecular weight excluding hydrogens is 374 g/mol. The number of fused-ring (bicyclic) bond motifs is 1. The quantitative estimate of drug-likeness (QED) is 0.737. The second kappa shape index (κ2) is 8.73. The lowest BCUT2D eigenvalue weighted by Gasteiger charge is -2.32. The van der Waals surface area contributed by atoms with Crippen molar-refractivity contribution in [3.05, 3.63) is 35.0 Å². The summed E-state index contributed by atoms with van der Waals surface area (Å²) in [5.41, 5.74) is 1.80. The molecule has 3 aliphatic rings. The molecule has 156 valence electrons. The van der Waals surface area contributed by atoms with Crippen LogP contribution in [0.15, 0.2) is 29.5 Å². The third kappa shape index (κ3) is 4.32. The van der Waals surface area contributed by atoms with Crippen molar-refractivity contribution in [3.8, 4) is 11.5 Å². The van der Waals surface area contributed by atoms with Gasteiger partial charge in [0.1, 0.15) is 0 Å². The maximum Gasteiger partial charge on any atom is 0.338 e. The third-order valence-corrected chi connectivity index (χ3v) is 5.46. The van der Waals surface area contributed by atoms with Gasteiger partial charge in [-0.25, -0.2) is 9.59 Å². The largest absolute Gasteiger partial charge is 0.463 e. The van der Waals surface area contributed by atoms with Crippen LogP contribution in [0.4, 0.5) is 4.79 Å². The van der Waals surface area contributed by atoms with Gasteiger partial charge in [0.2, 0.25) is 6.79 Å². The van der Waals surface area contributed by atoms with Gasteiger partial charge in [-0.3, -0.25) is 4.90 Å². The van der Waals surface area contributed by atoms with Gasteiger partial charge in [0, 0.05) is 12.2 Å². The second-order valence-electron chi connectivity index (χ2n) is 7.45. The summed E-state index contributed by atoms with van der Waals surface area (Å²) in [6.07, 6.45) is 4.68. The summed E-state index contributed by atoms with van der Waals surface area (Å²) in [4.78, 5) is 27.6. The number of carbonyl (C=O) groups is 2. The Hall–Kier alpha value is -2.74. The number of rotatable bonds is 5. The van der Waals surface area contributed by atoms with Crippen LogP contribution < -0.4 is 20.1 Å². The van der Waals surface area contributed by atoms with Gasteiger partial charge in [0.25, 0.3) is 0 Å². The molecule has 1 saturated heterocycles. The Bertz CT molecular complexity index is 815. The number of carbonyl (C=O) groups excluding carboxylic acids is 2. The molecule has 0 aliphatic carbocycles. The maximum atomic E-state index is 12.9. The van der Waals surface area contributed by atoms with Gasteiger partial charge in [-0.05, 0) is 50.6 Å². The number of urea groups is 1. The van der Waals surface area contributed by atoms with E-state index in [2.05, 4.69) is 15.5 Å². The summed E-state index contributed by atoms with van der Waals surface area (Å²) in [7, 11) is 0. The minimum atomic E-state index is -0.612. The minimum absolute atomic E-state index is 0.165. The summed E-state index contributed by atoms with van der Waals surface area (Å²) in [5.74, 6) is 0.834. The Kier molecular flexibility index (Phi) is 5.89. The molecule has 1 fully saturated rings. The number of hydrogen-bond acceptors (Lipinski definition) is 6. The lowest BCUT2D eigenvalue weighted by Crippen LogP contribution is -2.48. The molecule has 0 bridgehead atoms. The molecular formula is C21H27N3O5. The number of hydrogen-bond donors (Lipinski definition) is 2. The molecule has 3 aliphatic heterocycles. The van der Waals surface area contributed by atoms with Crippen LogP contribution in [0.25, 0.3) is 0 Å². The Balaban J connectivity index is 1.69. The molecule has 8 heteroatoms. The van der Waals surface area contributed by atoms with Crippen molar-refractivity contribution in [1.29, 1.82) is 0 Å². The molecule has 0 aromatic heterocycles. The molecule has 0 unspecified atom stereocenters. The summed E-state index contributed by atoms with van der Waals surface area (Å²) >= 11 is 0. The normalized spacial score (nSPS) is 22.0. The van der Waals surface area contributed by atoms with E-state index in [1.165, 1.54) is 12.8 Å². The van der Waals surface area contributed by atoms with Crippen molar-refractivity contribution in [2.24, 2.45) is 0 Å². The number of amides is 2. The number of esters is 1. The average molecular weight is 401 g/mol. The second-order valence-corrected chi connectivity index (χ2v) is 7.45. The molecule has 8 nitrogen and oxygen atoms in total. The van der Waals surface area contributed by atoms with Crippen LogP contribution in [0.3, 0.4) is 0 Å². The molecule has 1 aromatic rings. The zero-order valence-electron chi connectivity index (χ0n) is 16.7. The lowest BCUT2D eigenvalue weighted by molar-refractivity contribution is -0.139. The lowest BCUT2D eigenvalue weighted by atomic mass is 9.94. The predicted molar refractivity (Wildman–Crippen MR) is 106 cm³/mol. The van der Waals surface area contributed by atoms with E-state index in [0.29, 0.717) is 29.3 Å². The van der Waals surface area contributed by atoms with Crippen molar-refractivity contribution in [1.82, 2.24) is 15.5 Å². The molecule has 0 radical (unpaired) electrons. The minimum Gasteiger partial charge on any atom is -0.463 e. The number of likely N-dealkylation sites (tertiary alicyclic amines) is 1. The molecule has 1 aromatic carbocycles. The van der Waals surface area contributed by atoms with E-state index < -0.39 is 12.0 Å². The first kappa shape index (κ1) is 19.6. The van der Waals surface area contributed by atoms with Gasteiger partial charge < -0.3 is 24.8 Å². The molecule has 2 N–H and O–H groups in total. The van der Waals surface area contributed by atoms with Gasteiger partial charge in [-0.1, -0.05) is 18.9 Å². The zero-order chi connectivity index (χ0) is 20.2. The van der Waals surface area contributed by atoms with Gasteiger partial charge in [-0.15, -0.1) is 0 Å². The number of benzene rings is 1. The fourth-order valence-electron chi connectivity index (χ4n) is 4.05. The Labute approximate surface area is 170 Å². The summed E-state index contributed by atoms with van der Waals surface area (Å²) in [6.45, 7) is 4.63. The fraction of sp³-hybridized carbons (Fsp3) is 0.524. The van der Waals surface area contributed by atoms with Crippen LogP contribution in [0, 0.1) is 0 Å². The van der Waals surface area contributed by atoms with Crippen LogP contribution >= 0.6 is 0 Å². The fourth-order valence-corrected chi connectivity index (χ4v) is 4.05. The summed E-state index contributed by atoms with van der Waals surface area (Å²) in [5, 5.41) is 5.73. The first-order valence-electron chi connectivity index (χ1n) is 10.3. The summed E-state index contributed by atoms with van der Waals surface area (Å²) < 4.78 is 16.2. The molecule has 0 spiro atoms. The van der Waals surface area contributed by atoms with Gasteiger partial charge in [0.05, 0.1) is 18.2 Å². The highest BCUT2D eigenvalue weighted by Crippen LogP contribution is 2.37. The molecule has 29 heavy (non-hydrogen) atoms. The van der Waals surface area contributed by atoms with E-state index in [4.69, 9.17) is 14.2 Å². The number of nitrogens with one attached hydrogen (secondary N) is 2. The average Bonchev–Trinajstić information content (AvgIpc) is 3.03. The number of nitrogens with zero attached hydrogens (tertiary/aromatic N) is 1. The topological polar surface area (TPSA) is 89.1 Å². The molecule has 0 saturated carbocycles. The van der Waals surface area contributed by atoms with Crippen LogP contribution in [0.5, 0.6) is 11.5 Å². The van der Waals surface area contributed by atoms with Gasteiger partial charge in [0.15, 0.2) is 11.5 Å². The van der Waals surface area contributed by atoms with Crippen molar-refractivity contribution >= 4 is 12.0 Å². The molecule has 1 atom stereocenters. The predicted octanol–water partition coefficient (Wildman–Crippen LogP) is 2.46. The molecule has 3 heterocycles. The van der Waals surface area contributed by atoms with Crippen LogP contribution in [0.1, 0.15) is 44.2 Å². The first-order chi connectivity index (χ1) is 14.2. The van der Waals surface area contributed by atoms with Crippen molar-refractivity contribution < 1.29 is 23.8 Å². The van der Waals surface area contributed by atoms with Crippen molar-refractivity contribution in [2.45, 2.75) is 38.6 Å². The molecule has 4 rings (SSSR count). The smallest absolute Gasteiger partial charge is 0.338 e.